The minimum absolute atomic E-state index is 0. The van der Waals surface area contributed by atoms with E-state index < -0.39 is 0 Å². The van der Waals surface area contributed by atoms with Crippen LogP contribution in [0.3, 0.4) is 0 Å². The van der Waals surface area contributed by atoms with Gasteiger partial charge in [0, 0.05) is 9.73 Å². The molecule has 0 nitrogen and oxygen atoms in total. The zero-order valence-electron chi connectivity index (χ0n) is 10.6. The number of hydrogen-bond donors (Lipinski definition) is 0. The number of hydrogen-bond acceptors (Lipinski definition) is 2. The third kappa shape index (κ3) is 10.3. The van der Waals surface area contributed by atoms with Gasteiger partial charge in [0.05, 0.1) is 0 Å². The molecule has 0 N–H and O–H groups in total. The molecule has 0 amide bonds. The Balaban J connectivity index is -0.0000000675. The molecule has 0 radical (unpaired) electrons. The van der Waals surface area contributed by atoms with Gasteiger partial charge in [-0.1, -0.05) is 51.1 Å². The summed E-state index contributed by atoms with van der Waals surface area (Å²) in [6.07, 6.45) is 4.22. The minimum Gasteiger partial charge on any atom is -1.00 e. The van der Waals surface area contributed by atoms with E-state index in [1.54, 1.807) is 0 Å². The molecule has 0 heterocycles. The van der Waals surface area contributed by atoms with Crippen LogP contribution >= 0.6 is 24.4 Å². The summed E-state index contributed by atoms with van der Waals surface area (Å²) in [5.74, 6) is 0. The molecule has 12 heavy (non-hydrogen) atoms. The van der Waals surface area contributed by atoms with Crippen LogP contribution in [0.2, 0.25) is 0 Å². The third-order valence-electron chi connectivity index (χ3n) is 1.27. The van der Waals surface area contributed by atoms with Crippen molar-refractivity contribution in [3.05, 3.63) is 0 Å². The summed E-state index contributed by atoms with van der Waals surface area (Å²) in [6.45, 7) is 4.25. The Morgan fingerprint density at radius 2 is 1.17 bits per heavy atom. The van der Waals surface area contributed by atoms with E-state index in [9.17, 15) is 0 Å². The van der Waals surface area contributed by atoms with Crippen molar-refractivity contribution < 1.29 is 62.0 Å². The summed E-state index contributed by atoms with van der Waals surface area (Å²) < 4.78 is 0. The van der Waals surface area contributed by atoms with Crippen LogP contribution in [0.25, 0.3) is 0 Å². The predicted molar refractivity (Wildman–Crippen MR) is 57.2 cm³/mol. The molecule has 0 aromatic heterocycles. The largest absolute Gasteiger partial charge is 1.00 e. The SMILES string of the molecule is CCCC(=S)C(=S)CCC.[H-].[H-].[Na+].[Na+]. The summed E-state index contributed by atoms with van der Waals surface area (Å²) in [6, 6.07) is 0. The molecule has 0 saturated carbocycles. The normalized spacial score (nSPS) is 7.83. The van der Waals surface area contributed by atoms with Crippen molar-refractivity contribution in [3.8, 4) is 0 Å². The summed E-state index contributed by atoms with van der Waals surface area (Å²) in [4.78, 5) is 2.00. The fourth-order valence-electron chi connectivity index (χ4n) is 0.733. The zero-order valence-corrected chi connectivity index (χ0v) is 14.3. The molecule has 0 bridgehead atoms. The van der Waals surface area contributed by atoms with Gasteiger partial charge in [-0.25, -0.2) is 0 Å². The Bertz CT molecular complexity index is 127. The van der Waals surface area contributed by atoms with Gasteiger partial charge in [0.2, 0.25) is 0 Å². The van der Waals surface area contributed by atoms with Crippen LogP contribution in [0, 0.1) is 0 Å². The quantitative estimate of drug-likeness (QED) is 0.374. The van der Waals surface area contributed by atoms with Crippen LogP contribution in [-0.4, -0.2) is 9.73 Å². The second-order valence-corrected chi connectivity index (χ2v) is 3.33. The van der Waals surface area contributed by atoms with Crippen molar-refractivity contribution >= 4 is 34.2 Å². The summed E-state index contributed by atoms with van der Waals surface area (Å²) in [5.41, 5.74) is 0. The van der Waals surface area contributed by atoms with E-state index in [0.717, 1.165) is 35.4 Å². The van der Waals surface area contributed by atoms with E-state index in [0.29, 0.717) is 0 Å². The maximum absolute atomic E-state index is 5.10. The average Bonchev–Trinajstić information content (AvgIpc) is 1.89. The second-order valence-electron chi connectivity index (χ2n) is 2.35. The first kappa shape index (κ1) is 19.7. The summed E-state index contributed by atoms with van der Waals surface area (Å²) in [7, 11) is 0. The zero-order chi connectivity index (χ0) is 7.98. The van der Waals surface area contributed by atoms with Gasteiger partial charge in [-0.15, -0.1) is 0 Å². The molecule has 0 rings (SSSR count). The summed E-state index contributed by atoms with van der Waals surface area (Å²) >= 11 is 10.2. The Labute approximate surface area is 134 Å². The van der Waals surface area contributed by atoms with Gasteiger partial charge < -0.3 is 2.85 Å². The van der Waals surface area contributed by atoms with Crippen molar-refractivity contribution in [2.45, 2.75) is 39.5 Å². The fourth-order valence-corrected chi connectivity index (χ4v) is 1.35. The molecule has 0 saturated heterocycles. The van der Waals surface area contributed by atoms with E-state index in [2.05, 4.69) is 13.8 Å². The standard InChI is InChI=1S/C8H14S2.2Na.2H/c1-3-5-7(9)8(10)6-4-2;;;;/h3-6H2,1-2H3;;;;/q;2*+1;2*-1. The molecule has 0 aliphatic rings. The Morgan fingerprint density at radius 3 is 1.33 bits per heavy atom. The van der Waals surface area contributed by atoms with Crippen LogP contribution in [0.15, 0.2) is 0 Å². The van der Waals surface area contributed by atoms with Crippen LogP contribution < -0.4 is 59.1 Å². The number of thiocarbonyl (C=S) groups is 2. The van der Waals surface area contributed by atoms with Gasteiger partial charge in [0.1, 0.15) is 0 Å². The van der Waals surface area contributed by atoms with Gasteiger partial charge in [-0.05, 0) is 12.8 Å². The molecule has 0 atom stereocenters. The van der Waals surface area contributed by atoms with Gasteiger partial charge in [0.25, 0.3) is 0 Å². The maximum Gasteiger partial charge on any atom is 1.00 e. The molecular weight excluding hydrogens is 206 g/mol. The Morgan fingerprint density at radius 1 is 0.917 bits per heavy atom. The van der Waals surface area contributed by atoms with Gasteiger partial charge in [0.15, 0.2) is 0 Å². The maximum atomic E-state index is 5.10. The second kappa shape index (κ2) is 13.2. The molecule has 0 aromatic carbocycles. The first-order valence-corrected chi connectivity index (χ1v) is 4.60. The molecular formula is C8H16Na2S2. The molecule has 0 aliphatic heterocycles. The predicted octanol–water partition coefficient (Wildman–Crippen LogP) is -2.44. The smallest absolute Gasteiger partial charge is 1.00 e. The van der Waals surface area contributed by atoms with Crippen molar-refractivity contribution in [1.29, 1.82) is 0 Å². The van der Waals surface area contributed by atoms with E-state index in [1.165, 1.54) is 0 Å². The molecule has 0 spiro atoms. The van der Waals surface area contributed by atoms with Crippen molar-refractivity contribution in [3.63, 3.8) is 0 Å². The Kier molecular flexibility index (Phi) is 21.6. The average molecular weight is 222 g/mol. The van der Waals surface area contributed by atoms with E-state index in [1.807, 2.05) is 0 Å². The molecule has 4 heteroatoms. The van der Waals surface area contributed by atoms with E-state index in [-0.39, 0.29) is 62.0 Å². The summed E-state index contributed by atoms with van der Waals surface area (Å²) in [5, 5.41) is 0. The van der Waals surface area contributed by atoms with E-state index >= 15 is 0 Å². The van der Waals surface area contributed by atoms with Gasteiger partial charge >= 0.3 is 59.1 Å². The van der Waals surface area contributed by atoms with Crippen molar-refractivity contribution in [2.75, 3.05) is 0 Å². The molecule has 0 unspecified atom stereocenters. The van der Waals surface area contributed by atoms with Crippen molar-refractivity contribution in [2.24, 2.45) is 0 Å². The first-order valence-electron chi connectivity index (χ1n) is 3.78. The topological polar surface area (TPSA) is 0 Å². The van der Waals surface area contributed by atoms with Crippen LogP contribution in [-0.2, 0) is 0 Å². The minimum atomic E-state index is 0. The van der Waals surface area contributed by atoms with Crippen LogP contribution in [0.1, 0.15) is 42.4 Å². The molecule has 0 aliphatic carbocycles. The monoisotopic (exact) mass is 222 g/mol. The number of rotatable bonds is 5. The molecule has 0 fully saturated rings. The first-order chi connectivity index (χ1) is 4.72. The van der Waals surface area contributed by atoms with Crippen LogP contribution in [0.5, 0.6) is 0 Å². The fraction of sp³-hybridized carbons (Fsp3) is 0.750. The third-order valence-corrected chi connectivity index (χ3v) is 2.30. The van der Waals surface area contributed by atoms with Gasteiger partial charge in [-0.3, -0.25) is 0 Å². The van der Waals surface area contributed by atoms with Crippen LogP contribution in [0.4, 0.5) is 0 Å². The Hall–Kier alpha value is 2.18. The molecule has 0 aromatic rings. The van der Waals surface area contributed by atoms with E-state index in [4.69, 9.17) is 24.4 Å². The van der Waals surface area contributed by atoms with Gasteiger partial charge in [-0.2, -0.15) is 0 Å². The van der Waals surface area contributed by atoms with Crippen molar-refractivity contribution in [1.82, 2.24) is 0 Å². The molecule has 62 valence electrons.